The molecule has 0 bridgehead atoms. The molecular weight excluding hydrogens is 304 g/mol. The summed E-state index contributed by atoms with van der Waals surface area (Å²) in [6, 6.07) is 18.4. The largest absolute Gasteiger partial charge is 0.323 e. The SMILES string of the molecule is O=C(Nc1ccc2[nH]c(=O)[nH]c2c1)Nc1cccc2ccccc12.[HH].[HH].[HH].[HH]. The van der Waals surface area contributed by atoms with E-state index in [2.05, 4.69) is 20.6 Å². The number of aromatic amines is 2. The lowest BCUT2D eigenvalue weighted by Crippen LogP contribution is -2.19. The number of anilines is 2. The maximum atomic E-state index is 12.3. The summed E-state index contributed by atoms with van der Waals surface area (Å²) in [6.45, 7) is 0. The Bertz CT molecular complexity index is 1120. The fourth-order valence-electron chi connectivity index (χ4n) is 2.73. The van der Waals surface area contributed by atoms with Crippen molar-refractivity contribution in [2.45, 2.75) is 0 Å². The molecule has 0 saturated carbocycles. The lowest BCUT2D eigenvalue weighted by Gasteiger charge is -2.10. The average molecular weight is 326 g/mol. The highest BCUT2D eigenvalue weighted by molar-refractivity contribution is 6.06. The van der Waals surface area contributed by atoms with Crippen LogP contribution in [0.4, 0.5) is 16.2 Å². The van der Waals surface area contributed by atoms with Crippen LogP contribution in [0.1, 0.15) is 5.71 Å². The van der Waals surface area contributed by atoms with Crippen LogP contribution in [0.15, 0.2) is 65.5 Å². The number of fused-ring (bicyclic) bond motifs is 2. The molecule has 0 aliphatic carbocycles. The van der Waals surface area contributed by atoms with E-state index in [1.54, 1.807) is 18.2 Å². The molecule has 4 rings (SSSR count). The second-order valence-electron chi connectivity index (χ2n) is 5.45. The second-order valence-corrected chi connectivity index (χ2v) is 5.45. The number of hydrogen-bond donors (Lipinski definition) is 4. The molecular formula is C18H22N4O2. The zero-order chi connectivity index (χ0) is 16.5. The van der Waals surface area contributed by atoms with Gasteiger partial charge in [-0.1, -0.05) is 36.4 Å². The van der Waals surface area contributed by atoms with Gasteiger partial charge in [0.2, 0.25) is 0 Å². The monoisotopic (exact) mass is 326 g/mol. The molecule has 0 saturated heterocycles. The predicted octanol–water partition coefficient (Wildman–Crippen LogP) is 4.64. The Kier molecular flexibility index (Phi) is 3.28. The fourth-order valence-corrected chi connectivity index (χ4v) is 2.73. The summed E-state index contributed by atoms with van der Waals surface area (Å²) in [5.41, 5.74) is 2.39. The van der Waals surface area contributed by atoms with Gasteiger partial charge in [0.05, 0.1) is 16.7 Å². The number of amides is 2. The third-order valence-corrected chi connectivity index (χ3v) is 3.81. The first-order chi connectivity index (χ1) is 11.7. The quantitative estimate of drug-likeness (QED) is 0.432. The zero-order valence-electron chi connectivity index (χ0n) is 12.6. The van der Waals surface area contributed by atoms with Crippen molar-refractivity contribution in [3.63, 3.8) is 0 Å². The molecule has 6 nitrogen and oxygen atoms in total. The van der Waals surface area contributed by atoms with Crippen molar-refractivity contribution in [1.29, 1.82) is 0 Å². The molecule has 6 heteroatoms. The van der Waals surface area contributed by atoms with Crippen LogP contribution in [0.2, 0.25) is 0 Å². The van der Waals surface area contributed by atoms with Crippen molar-refractivity contribution in [3.8, 4) is 0 Å². The molecule has 4 N–H and O–H groups in total. The molecule has 0 unspecified atom stereocenters. The van der Waals surface area contributed by atoms with E-state index in [0.29, 0.717) is 16.7 Å². The molecule has 0 fully saturated rings. The van der Waals surface area contributed by atoms with Gasteiger partial charge in [-0.2, -0.15) is 0 Å². The maximum Gasteiger partial charge on any atom is 0.323 e. The van der Waals surface area contributed by atoms with Gasteiger partial charge in [0.25, 0.3) is 0 Å². The molecule has 126 valence electrons. The molecule has 0 aliphatic rings. The molecule has 0 aliphatic heterocycles. The molecule has 1 aromatic heterocycles. The van der Waals surface area contributed by atoms with E-state index in [4.69, 9.17) is 0 Å². The third-order valence-electron chi connectivity index (χ3n) is 3.81. The standard InChI is InChI=1S/C18H14N4O2.4H2/c23-17(19-12-8-9-15-16(10-12)22-18(24)21-15)20-14-7-3-5-11-4-1-2-6-13(11)14;;;;/h1-10H,(H2,19,20,23)(H2,21,22,24);4*1H. The second kappa shape index (κ2) is 5.58. The molecule has 1 heterocycles. The molecule has 2 amide bonds. The van der Waals surface area contributed by atoms with E-state index in [9.17, 15) is 9.59 Å². The van der Waals surface area contributed by atoms with Gasteiger partial charge in [0.15, 0.2) is 0 Å². The van der Waals surface area contributed by atoms with Gasteiger partial charge in [0.1, 0.15) is 0 Å². The van der Waals surface area contributed by atoms with Crippen molar-refractivity contribution in [1.82, 2.24) is 9.97 Å². The van der Waals surface area contributed by atoms with Gasteiger partial charge in [-0.15, -0.1) is 0 Å². The summed E-state index contributed by atoms with van der Waals surface area (Å²) >= 11 is 0. The number of aromatic nitrogens is 2. The molecule has 0 atom stereocenters. The van der Waals surface area contributed by atoms with Crippen LogP contribution in [0.5, 0.6) is 0 Å². The van der Waals surface area contributed by atoms with E-state index >= 15 is 0 Å². The molecule has 0 radical (unpaired) electrons. The summed E-state index contributed by atoms with van der Waals surface area (Å²) in [6.07, 6.45) is 0. The lowest BCUT2D eigenvalue weighted by molar-refractivity contribution is 0.262. The van der Waals surface area contributed by atoms with Crippen LogP contribution in [0.25, 0.3) is 21.8 Å². The minimum absolute atomic E-state index is 0. The number of hydrogen-bond acceptors (Lipinski definition) is 2. The van der Waals surface area contributed by atoms with Crippen LogP contribution in [-0.2, 0) is 0 Å². The summed E-state index contributed by atoms with van der Waals surface area (Å²) in [5, 5.41) is 7.66. The molecule has 24 heavy (non-hydrogen) atoms. The van der Waals surface area contributed by atoms with Crippen molar-refractivity contribution in [2.24, 2.45) is 0 Å². The molecule has 4 aromatic rings. The first kappa shape index (κ1) is 14.1. The first-order valence-corrected chi connectivity index (χ1v) is 7.47. The number of benzene rings is 3. The number of nitrogens with one attached hydrogen (secondary N) is 4. The number of imidazole rings is 1. The summed E-state index contributed by atoms with van der Waals surface area (Å²) in [7, 11) is 0. The summed E-state index contributed by atoms with van der Waals surface area (Å²) < 4.78 is 0. The zero-order valence-corrected chi connectivity index (χ0v) is 12.6. The minimum Gasteiger partial charge on any atom is -0.308 e. The number of urea groups is 1. The highest BCUT2D eigenvalue weighted by Crippen LogP contribution is 2.23. The third kappa shape index (κ3) is 2.61. The van der Waals surface area contributed by atoms with E-state index in [1.165, 1.54) is 0 Å². The lowest BCUT2D eigenvalue weighted by atomic mass is 10.1. The van der Waals surface area contributed by atoms with Crippen molar-refractivity contribution in [3.05, 3.63) is 71.1 Å². The average Bonchev–Trinajstić information content (AvgIpc) is 2.94. The van der Waals surface area contributed by atoms with Crippen LogP contribution in [-0.4, -0.2) is 16.0 Å². The highest BCUT2D eigenvalue weighted by atomic mass is 16.2. The predicted molar refractivity (Wildman–Crippen MR) is 104 cm³/mol. The Morgan fingerprint density at radius 3 is 2.58 bits per heavy atom. The van der Waals surface area contributed by atoms with E-state index in [-0.39, 0.29) is 17.4 Å². The van der Waals surface area contributed by atoms with Gasteiger partial charge in [-0.25, -0.2) is 9.59 Å². The van der Waals surface area contributed by atoms with Gasteiger partial charge in [0, 0.05) is 16.8 Å². The smallest absolute Gasteiger partial charge is 0.308 e. The number of carbonyl (C=O) groups excluding carboxylic acids is 1. The fraction of sp³-hybridized carbons (Fsp3) is 0. The maximum absolute atomic E-state index is 12.3. The van der Waals surface area contributed by atoms with Crippen LogP contribution in [0, 0.1) is 0 Å². The number of H-pyrrole nitrogens is 2. The van der Waals surface area contributed by atoms with Crippen LogP contribution >= 0.6 is 0 Å². The minimum atomic E-state index is -0.344. The Morgan fingerprint density at radius 1 is 0.875 bits per heavy atom. The highest BCUT2D eigenvalue weighted by Gasteiger charge is 2.07. The number of rotatable bonds is 2. The van der Waals surface area contributed by atoms with Crippen molar-refractivity contribution >= 4 is 39.2 Å². The van der Waals surface area contributed by atoms with E-state index in [1.807, 2.05) is 42.5 Å². The van der Waals surface area contributed by atoms with Crippen molar-refractivity contribution in [2.75, 3.05) is 10.6 Å². The summed E-state index contributed by atoms with van der Waals surface area (Å²) in [5.74, 6) is 0. The van der Waals surface area contributed by atoms with Gasteiger partial charge < -0.3 is 20.6 Å². The first-order valence-electron chi connectivity index (χ1n) is 7.47. The Hall–Kier alpha value is -3.54. The van der Waals surface area contributed by atoms with Crippen LogP contribution < -0.4 is 16.3 Å². The Balaban J connectivity index is 0.00000182. The van der Waals surface area contributed by atoms with Crippen LogP contribution in [0.3, 0.4) is 0 Å². The van der Waals surface area contributed by atoms with E-state index < -0.39 is 0 Å². The Labute approximate surface area is 142 Å². The van der Waals surface area contributed by atoms with Crippen molar-refractivity contribution < 1.29 is 10.5 Å². The van der Waals surface area contributed by atoms with Gasteiger partial charge >= 0.3 is 11.7 Å². The van der Waals surface area contributed by atoms with Gasteiger partial charge in [-0.05, 0) is 29.7 Å². The van der Waals surface area contributed by atoms with Gasteiger partial charge in [-0.3, -0.25) is 0 Å². The number of carbonyl (C=O) groups is 1. The topological polar surface area (TPSA) is 89.8 Å². The van der Waals surface area contributed by atoms with E-state index in [0.717, 1.165) is 16.5 Å². The molecule has 0 spiro atoms. The molecule has 3 aromatic carbocycles. The summed E-state index contributed by atoms with van der Waals surface area (Å²) in [4.78, 5) is 28.9. The Morgan fingerprint density at radius 2 is 1.67 bits per heavy atom. The normalized spacial score (nSPS) is 10.8.